The van der Waals surface area contributed by atoms with E-state index in [9.17, 15) is 0 Å². The molecule has 2 nitrogen and oxygen atoms in total. The third kappa shape index (κ3) is 2.52. The summed E-state index contributed by atoms with van der Waals surface area (Å²) >= 11 is 0. The normalized spacial score (nSPS) is 11.6. The van der Waals surface area contributed by atoms with Crippen LogP contribution in [0.4, 0.5) is 0 Å². The zero-order valence-corrected chi connectivity index (χ0v) is 9.74. The molecule has 0 spiro atoms. The minimum absolute atomic E-state index is 1.08. The van der Waals surface area contributed by atoms with Gasteiger partial charge in [0, 0.05) is 23.5 Å². The number of hydrogen-bond acceptors (Lipinski definition) is 0. The van der Waals surface area contributed by atoms with Gasteiger partial charge in [-0.1, -0.05) is 24.3 Å². The van der Waals surface area contributed by atoms with Crippen molar-refractivity contribution in [2.24, 2.45) is 0 Å². The first-order valence-electron chi connectivity index (χ1n) is 5.89. The summed E-state index contributed by atoms with van der Waals surface area (Å²) in [6, 6.07) is 8.49. The second-order valence-electron chi connectivity index (χ2n) is 3.99. The van der Waals surface area contributed by atoms with Gasteiger partial charge in [-0.3, -0.25) is 0 Å². The first-order chi connectivity index (χ1) is 7.92. The lowest BCUT2D eigenvalue weighted by Crippen LogP contribution is -2.84. The van der Waals surface area contributed by atoms with Crippen LogP contribution in [0.25, 0.3) is 10.9 Å². The molecule has 2 aromatic rings. The molecule has 3 N–H and O–H groups in total. The van der Waals surface area contributed by atoms with Crippen LogP contribution in [0.3, 0.4) is 0 Å². The maximum atomic E-state index is 3.31. The fraction of sp³-hybridized carbons (Fsp3) is 0.286. The second-order valence-corrected chi connectivity index (χ2v) is 3.99. The number of para-hydroxylation sites is 1. The summed E-state index contributed by atoms with van der Waals surface area (Å²) in [7, 11) is 0. The predicted octanol–water partition coefficient (Wildman–Crippen LogP) is 1.85. The van der Waals surface area contributed by atoms with Gasteiger partial charge >= 0.3 is 0 Å². The van der Waals surface area contributed by atoms with Crippen molar-refractivity contribution in [2.45, 2.75) is 13.3 Å². The highest BCUT2D eigenvalue weighted by Crippen LogP contribution is 2.17. The summed E-state index contributed by atoms with van der Waals surface area (Å²) in [5.41, 5.74) is 2.67. The molecule has 1 aromatic heterocycles. The van der Waals surface area contributed by atoms with E-state index in [0.29, 0.717) is 0 Å². The lowest BCUT2D eigenvalue weighted by Gasteiger charge is -1.98. The summed E-state index contributed by atoms with van der Waals surface area (Å²) in [6.45, 7) is 4.29. The molecule has 0 aliphatic rings. The molecule has 2 heteroatoms. The Labute approximate surface area is 96.4 Å². The van der Waals surface area contributed by atoms with Crippen molar-refractivity contribution < 1.29 is 5.32 Å². The van der Waals surface area contributed by atoms with Gasteiger partial charge in [0.25, 0.3) is 0 Å². The lowest BCUT2D eigenvalue weighted by molar-refractivity contribution is -0.645. The summed E-state index contributed by atoms with van der Waals surface area (Å²) < 4.78 is 0. The molecule has 1 aromatic carbocycles. The number of benzene rings is 1. The molecule has 0 bridgehead atoms. The minimum Gasteiger partial charge on any atom is -0.361 e. The van der Waals surface area contributed by atoms with E-state index in [1.807, 2.05) is 0 Å². The number of nitrogens with one attached hydrogen (secondary N) is 1. The van der Waals surface area contributed by atoms with E-state index in [1.165, 1.54) is 16.5 Å². The molecule has 0 aliphatic carbocycles. The molecule has 0 saturated heterocycles. The SMILES string of the molecule is C/C=C/C[NH2+]CCc1c[nH]c2ccccc12. The van der Waals surface area contributed by atoms with Crippen LogP contribution in [-0.2, 0) is 6.42 Å². The Kier molecular flexibility index (Phi) is 3.78. The quantitative estimate of drug-likeness (QED) is 0.563. The fourth-order valence-electron chi connectivity index (χ4n) is 1.95. The molecule has 0 aliphatic heterocycles. The number of hydrogen-bond donors (Lipinski definition) is 2. The molecular weight excluding hydrogens is 196 g/mol. The summed E-state index contributed by atoms with van der Waals surface area (Å²) in [5, 5.41) is 3.70. The minimum atomic E-state index is 1.08. The Bertz CT molecular complexity index is 468. The van der Waals surface area contributed by atoms with Gasteiger partial charge in [-0.15, -0.1) is 0 Å². The second kappa shape index (κ2) is 5.52. The number of rotatable bonds is 5. The number of aromatic nitrogens is 1. The average Bonchev–Trinajstić information content (AvgIpc) is 2.73. The predicted molar refractivity (Wildman–Crippen MR) is 68.5 cm³/mol. The van der Waals surface area contributed by atoms with Crippen molar-refractivity contribution in [1.29, 1.82) is 0 Å². The molecular formula is C14H19N2+. The number of H-pyrrole nitrogens is 1. The van der Waals surface area contributed by atoms with Crippen LogP contribution >= 0.6 is 0 Å². The third-order valence-electron chi connectivity index (χ3n) is 2.83. The Morgan fingerprint density at radius 3 is 3.06 bits per heavy atom. The summed E-state index contributed by atoms with van der Waals surface area (Å²) in [4.78, 5) is 3.31. The smallest absolute Gasteiger partial charge is 0.0942 e. The lowest BCUT2D eigenvalue weighted by atomic mass is 10.1. The zero-order chi connectivity index (χ0) is 11.2. The molecule has 84 valence electrons. The summed E-state index contributed by atoms with van der Waals surface area (Å²) in [5.74, 6) is 0. The summed E-state index contributed by atoms with van der Waals surface area (Å²) in [6.07, 6.45) is 7.55. The number of aromatic amines is 1. The Balaban J connectivity index is 1.94. The van der Waals surface area contributed by atoms with Gasteiger partial charge in [0.05, 0.1) is 13.1 Å². The highest BCUT2D eigenvalue weighted by Gasteiger charge is 2.02. The van der Waals surface area contributed by atoms with Crippen LogP contribution < -0.4 is 5.32 Å². The molecule has 0 atom stereocenters. The van der Waals surface area contributed by atoms with Crippen LogP contribution in [-0.4, -0.2) is 18.1 Å². The first kappa shape index (κ1) is 11.0. The number of nitrogens with two attached hydrogens (primary N) is 1. The van der Waals surface area contributed by atoms with Crippen LogP contribution in [0, 0.1) is 0 Å². The van der Waals surface area contributed by atoms with Gasteiger partial charge < -0.3 is 10.3 Å². The van der Waals surface area contributed by atoms with E-state index >= 15 is 0 Å². The van der Waals surface area contributed by atoms with Gasteiger partial charge in [-0.05, 0) is 24.6 Å². The molecule has 0 fully saturated rings. The van der Waals surface area contributed by atoms with E-state index in [0.717, 1.165) is 19.5 Å². The zero-order valence-electron chi connectivity index (χ0n) is 9.74. The highest BCUT2D eigenvalue weighted by molar-refractivity contribution is 5.82. The molecule has 0 radical (unpaired) electrons. The molecule has 2 rings (SSSR count). The van der Waals surface area contributed by atoms with Crippen molar-refractivity contribution in [3.63, 3.8) is 0 Å². The topological polar surface area (TPSA) is 32.4 Å². The van der Waals surface area contributed by atoms with Gasteiger partial charge in [0.2, 0.25) is 0 Å². The van der Waals surface area contributed by atoms with Crippen LogP contribution in [0.2, 0.25) is 0 Å². The van der Waals surface area contributed by atoms with Gasteiger partial charge in [0.1, 0.15) is 0 Å². The molecule has 16 heavy (non-hydrogen) atoms. The molecule has 1 heterocycles. The van der Waals surface area contributed by atoms with Crippen LogP contribution in [0.1, 0.15) is 12.5 Å². The largest absolute Gasteiger partial charge is 0.361 e. The fourth-order valence-corrected chi connectivity index (χ4v) is 1.95. The number of fused-ring (bicyclic) bond motifs is 1. The Morgan fingerprint density at radius 1 is 1.31 bits per heavy atom. The van der Waals surface area contributed by atoms with Crippen LogP contribution in [0.15, 0.2) is 42.6 Å². The highest BCUT2D eigenvalue weighted by atomic mass is 14.8. The van der Waals surface area contributed by atoms with E-state index in [1.54, 1.807) is 0 Å². The van der Waals surface area contributed by atoms with E-state index in [4.69, 9.17) is 0 Å². The molecule has 0 amide bonds. The average molecular weight is 215 g/mol. The first-order valence-corrected chi connectivity index (χ1v) is 5.89. The number of allylic oxidation sites excluding steroid dienone is 1. The van der Waals surface area contributed by atoms with Crippen LogP contribution in [0.5, 0.6) is 0 Å². The standard InChI is InChI=1S/C14H18N2/c1-2-3-9-15-10-8-12-11-16-14-7-5-4-6-13(12)14/h2-7,11,15-16H,8-10H2,1H3/p+1/b3-2+. The Hall–Kier alpha value is -1.54. The van der Waals surface area contributed by atoms with Gasteiger partial charge in [-0.25, -0.2) is 0 Å². The van der Waals surface area contributed by atoms with Crippen molar-refractivity contribution >= 4 is 10.9 Å². The van der Waals surface area contributed by atoms with Crippen molar-refractivity contribution in [1.82, 2.24) is 4.98 Å². The molecule has 0 unspecified atom stereocenters. The van der Waals surface area contributed by atoms with E-state index in [2.05, 4.69) is 59.8 Å². The van der Waals surface area contributed by atoms with Gasteiger partial charge in [-0.2, -0.15) is 0 Å². The Morgan fingerprint density at radius 2 is 2.19 bits per heavy atom. The third-order valence-corrected chi connectivity index (χ3v) is 2.83. The number of quaternary nitrogens is 1. The van der Waals surface area contributed by atoms with Crippen molar-refractivity contribution in [3.05, 3.63) is 48.2 Å². The maximum absolute atomic E-state index is 3.31. The van der Waals surface area contributed by atoms with E-state index < -0.39 is 0 Å². The molecule has 0 saturated carbocycles. The van der Waals surface area contributed by atoms with Crippen molar-refractivity contribution in [2.75, 3.05) is 13.1 Å². The van der Waals surface area contributed by atoms with Gasteiger partial charge in [0.15, 0.2) is 0 Å². The van der Waals surface area contributed by atoms with E-state index in [-0.39, 0.29) is 0 Å². The van der Waals surface area contributed by atoms with Crippen molar-refractivity contribution in [3.8, 4) is 0 Å². The maximum Gasteiger partial charge on any atom is 0.0942 e. The monoisotopic (exact) mass is 215 g/mol.